The van der Waals surface area contributed by atoms with Crippen molar-refractivity contribution in [2.45, 2.75) is 13.5 Å². The Morgan fingerprint density at radius 3 is 2.62 bits per heavy atom. The fraction of sp³-hybridized carbons (Fsp3) is 0.174. The molecule has 2 aromatic carbocycles. The molecule has 4 rings (SSSR count). The molecular weight excluding hydrogens is 431 g/mol. The summed E-state index contributed by atoms with van der Waals surface area (Å²) in [5.74, 6) is 0.595. The van der Waals surface area contributed by atoms with Crippen molar-refractivity contribution in [2.75, 3.05) is 12.0 Å². The van der Waals surface area contributed by atoms with Crippen molar-refractivity contribution in [1.82, 2.24) is 15.1 Å². The molecule has 0 unspecified atom stereocenters. The highest BCUT2D eigenvalue weighted by Crippen LogP contribution is 2.27. The predicted octanol–water partition coefficient (Wildman–Crippen LogP) is 3.72. The van der Waals surface area contributed by atoms with Gasteiger partial charge >= 0.3 is 0 Å². The van der Waals surface area contributed by atoms with Crippen LogP contribution in [0.1, 0.15) is 16.8 Å². The van der Waals surface area contributed by atoms with E-state index in [1.807, 2.05) is 19.1 Å². The monoisotopic (exact) mass is 452 g/mol. The minimum absolute atomic E-state index is 0.215. The third kappa shape index (κ3) is 4.33. The van der Waals surface area contributed by atoms with Crippen LogP contribution < -0.4 is 19.7 Å². The Morgan fingerprint density at radius 2 is 1.97 bits per heavy atom. The molecule has 1 fully saturated rings. The number of nitrogens with zero attached hydrogens (tertiary/aromatic N) is 3. The first-order valence-corrected chi connectivity index (χ1v) is 10.2. The number of amides is 1. The summed E-state index contributed by atoms with van der Waals surface area (Å²) in [6.07, 6.45) is 3.48. The van der Waals surface area contributed by atoms with E-state index in [1.54, 1.807) is 49.3 Å². The van der Waals surface area contributed by atoms with Gasteiger partial charge < -0.3 is 14.8 Å². The van der Waals surface area contributed by atoms with Gasteiger partial charge in [-0.25, -0.2) is 9.29 Å². The van der Waals surface area contributed by atoms with Crippen LogP contribution in [0, 0.1) is 12.7 Å². The average Bonchev–Trinajstić information content (AvgIpc) is 3.24. The topological polar surface area (TPSA) is 68.6 Å². The molecule has 3 aromatic rings. The van der Waals surface area contributed by atoms with E-state index in [1.165, 1.54) is 17.0 Å². The van der Waals surface area contributed by atoms with E-state index in [4.69, 9.17) is 21.7 Å². The standard InChI is InChI=1S/C23H21FN4O3S/c1-14-20(12-27(2)26-14)28-22(29)19(25-23(28)32)11-15-4-9-21(30-3)16(10-15)13-31-18-7-5-17(24)6-8-18/h4-12H,13H2,1-3H3,(H,25,32)/b19-11+. The summed E-state index contributed by atoms with van der Waals surface area (Å²) in [7, 11) is 3.36. The number of rotatable bonds is 6. The summed E-state index contributed by atoms with van der Waals surface area (Å²) in [6.45, 7) is 2.04. The van der Waals surface area contributed by atoms with Gasteiger partial charge in [-0.15, -0.1) is 0 Å². The molecule has 1 aliphatic heterocycles. The Labute approximate surface area is 190 Å². The van der Waals surface area contributed by atoms with Gasteiger partial charge in [0.25, 0.3) is 5.91 Å². The maximum Gasteiger partial charge on any atom is 0.281 e. The molecule has 1 aliphatic rings. The highest BCUT2D eigenvalue weighted by molar-refractivity contribution is 7.80. The molecule has 2 heterocycles. The largest absolute Gasteiger partial charge is 0.496 e. The van der Waals surface area contributed by atoms with Crippen LogP contribution in [-0.4, -0.2) is 27.9 Å². The maximum absolute atomic E-state index is 13.1. The Hall–Kier alpha value is -3.72. The number of halogens is 1. The molecular formula is C23H21FN4O3S. The maximum atomic E-state index is 13.1. The molecule has 1 saturated heterocycles. The number of hydrogen-bond donors (Lipinski definition) is 1. The number of aromatic nitrogens is 2. The lowest BCUT2D eigenvalue weighted by molar-refractivity contribution is -0.113. The second-order valence-corrected chi connectivity index (χ2v) is 7.60. The molecule has 0 spiro atoms. The zero-order valence-corrected chi connectivity index (χ0v) is 18.6. The van der Waals surface area contributed by atoms with E-state index >= 15 is 0 Å². The molecule has 0 aliphatic carbocycles. The highest BCUT2D eigenvalue weighted by atomic mass is 32.1. The molecule has 0 saturated carbocycles. The number of aryl methyl sites for hydroxylation is 2. The van der Waals surface area contributed by atoms with E-state index in [2.05, 4.69) is 10.4 Å². The molecule has 0 radical (unpaired) electrons. The second-order valence-electron chi connectivity index (χ2n) is 7.22. The molecule has 1 N–H and O–H groups in total. The van der Waals surface area contributed by atoms with Crippen molar-refractivity contribution in [2.24, 2.45) is 7.05 Å². The molecule has 7 nitrogen and oxygen atoms in total. The van der Waals surface area contributed by atoms with Crippen LogP contribution in [0.5, 0.6) is 11.5 Å². The van der Waals surface area contributed by atoms with Crippen LogP contribution >= 0.6 is 12.2 Å². The zero-order valence-electron chi connectivity index (χ0n) is 17.8. The SMILES string of the molecule is COc1ccc(/C=C2/NC(=S)N(c3cn(C)nc3C)C2=O)cc1COc1ccc(F)cc1. The van der Waals surface area contributed by atoms with Gasteiger partial charge in [0.2, 0.25) is 0 Å². The summed E-state index contributed by atoms with van der Waals surface area (Å²) in [6, 6.07) is 11.3. The van der Waals surface area contributed by atoms with Crippen molar-refractivity contribution in [3.05, 3.63) is 77.0 Å². The smallest absolute Gasteiger partial charge is 0.281 e. The molecule has 164 valence electrons. The summed E-state index contributed by atoms with van der Waals surface area (Å²) >= 11 is 5.38. The van der Waals surface area contributed by atoms with Crippen LogP contribution in [0.2, 0.25) is 0 Å². The number of benzene rings is 2. The van der Waals surface area contributed by atoms with Gasteiger partial charge in [-0.3, -0.25) is 9.48 Å². The van der Waals surface area contributed by atoms with Gasteiger partial charge in [0.05, 0.1) is 18.5 Å². The number of thiocarbonyl (C=S) groups is 1. The second kappa shape index (κ2) is 8.80. The fourth-order valence-electron chi connectivity index (χ4n) is 3.42. The third-order valence-corrected chi connectivity index (χ3v) is 5.21. The van der Waals surface area contributed by atoms with E-state index < -0.39 is 0 Å². The molecule has 0 bridgehead atoms. The zero-order chi connectivity index (χ0) is 22.8. The number of nitrogens with one attached hydrogen (secondary N) is 1. The highest BCUT2D eigenvalue weighted by Gasteiger charge is 2.33. The van der Waals surface area contributed by atoms with E-state index in [0.717, 1.165) is 11.1 Å². The molecule has 1 amide bonds. The van der Waals surface area contributed by atoms with Gasteiger partial charge in [0.1, 0.15) is 29.6 Å². The van der Waals surface area contributed by atoms with E-state index in [0.29, 0.717) is 33.7 Å². The first kappa shape index (κ1) is 21.5. The number of ether oxygens (including phenoxy) is 2. The number of anilines is 1. The van der Waals surface area contributed by atoms with Crippen LogP contribution in [0.4, 0.5) is 10.1 Å². The fourth-order valence-corrected chi connectivity index (χ4v) is 3.71. The first-order chi connectivity index (χ1) is 15.4. The Balaban J connectivity index is 1.57. The van der Waals surface area contributed by atoms with Crippen molar-refractivity contribution in [1.29, 1.82) is 0 Å². The number of carbonyl (C=O) groups excluding carboxylic acids is 1. The minimum atomic E-state index is -0.328. The number of methoxy groups -OCH3 is 1. The van der Waals surface area contributed by atoms with E-state index in [-0.39, 0.29) is 18.3 Å². The lowest BCUT2D eigenvalue weighted by atomic mass is 10.1. The summed E-state index contributed by atoms with van der Waals surface area (Å²) < 4.78 is 25.9. The molecule has 0 atom stereocenters. The number of hydrogen-bond acceptors (Lipinski definition) is 5. The van der Waals surface area contributed by atoms with Gasteiger partial charge in [-0.05, 0) is 67.2 Å². The normalized spacial score (nSPS) is 14.8. The van der Waals surface area contributed by atoms with Crippen LogP contribution in [0.15, 0.2) is 54.4 Å². The first-order valence-electron chi connectivity index (χ1n) is 9.78. The quantitative estimate of drug-likeness (QED) is 0.454. The number of carbonyl (C=O) groups is 1. The lowest BCUT2D eigenvalue weighted by Crippen LogP contribution is -2.30. The molecule has 32 heavy (non-hydrogen) atoms. The van der Waals surface area contributed by atoms with Crippen molar-refractivity contribution in [3.8, 4) is 11.5 Å². The van der Waals surface area contributed by atoms with Crippen molar-refractivity contribution in [3.63, 3.8) is 0 Å². The van der Waals surface area contributed by atoms with Crippen LogP contribution in [0.3, 0.4) is 0 Å². The van der Waals surface area contributed by atoms with E-state index in [9.17, 15) is 9.18 Å². The Morgan fingerprint density at radius 1 is 1.22 bits per heavy atom. The van der Waals surface area contributed by atoms with Crippen LogP contribution in [-0.2, 0) is 18.4 Å². The summed E-state index contributed by atoms with van der Waals surface area (Å²) in [5.41, 5.74) is 3.25. The third-order valence-electron chi connectivity index (χ3n) is 4.93. The molecule has 1 aromatic heterocycles. The van der Waals surface area contributed by atoms with Gasteiger partial charge in [0, 0.05) is 18.8 Å². The summed E-state index contributed by atoms with van der Waals surface area (Å²) in [5, 5.41) is 7.56. The summed E-state index contributed by atoms with van der Waals surface area (Å²) in [4.78, 5) is 14.5. The van der Waals surface area contributed by atoms with Gasteiger partial charge in [-0.2, -0.15) is 5.10 Å². The van der Waals surface area contributed by atoms with Crippen molar-refractivity contribution < 1.29 is 18.7 Å². The van der Waals surface area contributed by atoms with Gasteiger partial charge in [-0.1, -0.05) is 6.07 Å². The predicted molar refractivity (Wildman–Crippen MR) is 123 cm³/mol. The minimum Gasteiger partial charge on any atom is -0.496 e. The molecule has 9 heteroatoms. The van der Waals surface area contributed by atoms with Crippen LogP contribution in [0.25, 0.3) is 6.08 Å². The lowest BCUT2D eigenvalue weighted by Gasteiger charge is -2.12. The Kier molecular flexibility index (Phi) is 5.91. The van der Waals surface area contributed by atoms with Crippen molar-refractivity contribution >= 4 is 35.0 Å². The average molecular weight is 453 g/mol. The Bertz CT molecular complexity index is 1220. The van der Waals surface area contributed by atoms with Gasteiger partial charge in [0.15, 0.2) is 5.11 Å².